The lowest BCUT2D eigenvalue weighted by Gasteiger charge is -2.25. The Bertz CT molecular complexity index is 2390. The SMILES string of the molecule is c1ccc2c(-c3ccc(N(c4ccc(-c5cccc6ccccc56)cc4)c4cc5c(cn4)oc4ccccc45)cc3)cccc2c1. The third-order valence-corrected chi connectivity index (χ3v) is 8.93. The Morgan fingerprint density at radius 3 is 1.50 bits per heavy atom. The molecule has 0 aliphatic rings. The Balaban J connectivity index is 1.17. The molecule has 3 heteroatoms. The Morgan fingerprint density at radius 1 is 0.413 bits per heavy atom. The van der Waals surface area contributed by atoms with E-state index in [9.17, 15) is 0 Å². The molecule has 9 rings (SSSR count). The average molecular weight is 589 g/mol. The molecule has 0 unspecified atom stereocenters. The predicted octanol–water partition coefficient (Wildman–Crippen LogP) is 12.1. The lowest BCUT2D eigenvalue weighted by atomic mass is 9.97. The van der Waals surface area contributed by atoms with Crippen molar-refractivity contribution in [1.82, 2.24) is 4.98 Å². The summed E-state index contributed by atoms with van der Waals surface area (Å²) in [6.45, 7) is 0. The molecule has 0 N–H and O–H groups in total. The molecule has 7 aromatic carbocycles. The van der Waals surface area contributed by atoms with Gasteiger partial charge in [0, 0.05) is 22.1 Å². The van der Waals surface area contributed by atoms with Crippen LogP contribution in [0.3, 0.4) is 0 Å². The second-order valence-electron chi connectivity index (χ2n) is 11.6. The number of fused-ring (bicyclic) bond motifs is 5. The minimum atomic E-state index is 0.780. The van der Waals surface area contributed by atoms with E-state index in [1.807, 2.05) is 24.4 Å². The van der Waals surface area contributed by atoms with E-state index >= 15 is 0 Å². The van der Waals surface area contributed by atoms with Crippen LogP contribution in [0.1, 0.15) is 0 Å². The van der Waals surface area contributed by atoms with Crippen LogP contribution in [0.15, 0.2) is 174 Å². The summed E-state index contributed by atoms with van der Waals surface area (Å²) in [5.74, 6) is 0.829. The first-order valence-electron chi connectivity index (χ1n) is 15.5. The summed E-state index contributed by atoms with van der Waals surface area (Å²) in [6, 6.07) is 58.0. The molecule has 0 amide bonds. The highest BCUT2D eigenvalue weighted by atomic mass is 16.3. The molecule has 0 aliphatic heterocycles. The first-order chi connectivity index (χ1) is 22.8. The molecule has 9 aromatic rings. The highest BCUT2D eigenvalue weighted by Gasteiger charge is 2.17. The molecular weight excluding hydrogens is 560 g/mol. The van der Waals surface area contributed by atoms with Crippen molar-refractivity contribution in [2.24, 2.45) is 0 Å². The zero-order valence-electron chi connectivity index (χ0n) is 25.0. The van der Waals surface area contributed by atoms with E-state index in [-0.39, 0.29) is 0 Å². The van der Waals surface area contributed by atoms with Gasteiger partial charge in [-0.3, -0.25) is 4.90 Å². The van der Waals surface area contributed by atoms with Crippen molar-refractivity contribution in [1.29, 1.82) is 0 Å². The summed E-state index contributed by atoms with van der Waals surface area (Å²) in [5, 5.41) is 7.10. The third kappa shape index (κ3) is 4.41. The summed E-state index contributed by atoms with van der Waals surface area (Å²) >= 11 is 0. The lowest BCUT2D eigenvalue weighted by molar-refractivity contribution is 0.667. The molecule has 3 nitrogen and oxygen atoms in total. The summed E-state index contributed by atoms with van der Waals surface area (Å²) in [7, 11) is 0. The molecule has 216 valence electrons. The van der Waals surface area contributed by atoms with Gasteiger partial charge in [-0.15, -0.1) is 0 Å². The van der Waals surface area contributed by atoms with Crippen LogP contribution in [0.5, 0.6) is 0 Å². The normalized spacial score (nSPS) is 11.5. The Morgan fingerprint density at radius 2 is 0.913 bits per heavy atom. The monoisotopic (exact) mass is 588 g/mol. The van der Waals surface area contributed by atoms with Crippen LogP contribution < -0.4 is 4.90 Å². The summed E-state index contributed by atoms with van der Waals surface area (Å²) in [4.78, 5) is 7.15. The van der Waals surface area contributed by atoms with Crippen LogP contribution in [-0.2, 0) is 0 Å². The molecule has 2 heterocycles. The van der Waals surface area contributed by atoms with Crippen molar-refractivity contribution in [2.45, 2.75) is 0 Å². The van der Waals surface area contributed by atoms with Gasteiger partial charge >= 0.3 is 0 Å². The smallest absolute Gasteiger partial charge is 0.153 e. The summed E-state index contributed by atoms with van der Waals surface area (Å²) in [6.07, 6.45) is 1.84. The fraction of sp³-hybridized carbons (Fsp3) is 0. The van der Waals surface area contributed by atoms with Gasteiger partial charge in [-0.25, -0.2) is 4.98 Å². The topological polar surface area (TPSA) is 29.3 Å². The molecule has 2 aromatic heterocycles. The Kier molecular flexibility index (Phi) is 6.14. The molecular formula is C43H28N2O. The summed E-state index contributed by atoms with van der Waals surface area (Å²) < 4.78 is 6.12. The largest absolute Gasteiger partial charge is 0.454 e. The number of rotatable bonds is 5. The number of furan rings is 1. The van der Waals surface area contributed by atoms with Crippen molar-refractivity contribution in [2.75, 3.05) is 4.90 Å². The molecule has 0 spiro atoms. The van der Waals surface area contributed by atoms with Crippen LogP contribution in [-0.4, -0.2) is 4.98 Å². The van der Waals surface area contributed by atoms with Crippen LogP contribution in [0.25, 0.3) is 65.7 Å². The maximum absolute atomic E-state index is 6.12. The molecule has 0 saturated heterocycles. The van der Waals surface area contributed by atoms with Gasteiger partial charge < -0.3 is 4.42 Å². The molecule has 0 atom stereocenters. The number of hydrogen-bond acceptors (Lipinski definition) is 3. The average Bonchev–Trinajstić information content (AvgIpc) is 3.50. The zero-order valence-corrected chi connectivity index (χ0v) is 25.0. The van der Waals surface area contributed by atoms with Gasteiger partial charge in [0.05, 0.1) is 6.20 Å². The molecule has 46 heavy (non-hydrogen) atoms. The van der Waals surface area contributed by atoms with E-state index in [0.717, 1.165) is 39.1 Å². The molecule has 0 bridgehead atoms. The predicted molar refractivity (Wildman–Crippen MR) is 192 cm³/mol. The maximum Gasteiger partial charge on any atom is 0.153 e. The Hall–Kier alpha value is -6.19. The van der Waals surface area contributed by atoms with Crippen molar-refractivity contribution in [3.63, 3.8) is 0 Å². The van der Waals surface area contributed by atoms with E-state index < -0.39 is 0 Å². The highest BCUT2D eigenvalue weighted by Crippen LogP contribution is 2.39. The number of anilines is 3. The van der Waals surface area contributed by atoms with Gasteiger partial charge in [0.25, 0.3) is 0 Å². The van der Waals surface area contributed by atoms with Crippen LogP contribution in [0, 0.1) is 0 Å². The van der Waals surface area contributed by atoms with E-state index in [1.165, 1.54) is 43.8 Å². The van der Waals surface area contributed by atoms with E-state index in [2.05, 4.69) is 150 Å². The number of aromatic nitrogens is 1. The lowest BCUT2D eigenvalue weighted by Crippen LogP contribution is -2.11. The molecule has 0 fully saturated rings. The van der Waals surface area contributed by atoms with Crippen LogP contribution >= 0.6 is 0 Å². The number of para-hydroxylation sites is 1. The van der Waals surface area contributed by atoms with E-state index in [4.69, 9.17) is 9.40 Å². The molecule has 0 radical (unpaired) electrons. The minimum Gasteiger partial charge on any atom is -0.454 e. The van der Waals surface area contributed by atoms with E-state index in [1.54, 1.807) is 0 Å². The number of nitrogens with zero attached hydrogens (tertiary/aromatic N) is 2. The third-order valence-electron chi connectivity index (χ3n) is 8.93. The number of benzene rings is 7. The van der Waals surface area contributed by atoms with E-state index in [0.29, 0.717) is 0 Å². The standard InChI is InChI=1S/C43H28N2O/c1-3-13-35-29(9-1)11-7-16-37(35)31-19-23-33(24-20-31)45(43-27-40-39-15-5-6-18-41(39)46-42(40)28-44-43)34-25-21-32(22-26-34)38-17-8-12-30-10-2-4-14-36(30)38/h1-28H. The van der Waals surface area contributed by atoms with Crippen molar-refractivity contribution in [3.05, 3.63) is 170 Å². The Labute approximate surface area is 266 Å². The minimum absolute atomic E-state index is 0.780. The number of pyridine rings is 1. The molecule has 0 saturated carbocycles. The zero-order chi connectivity index (χ0) is 30.5. The first-order valence-corrected chi connectivity index (χ1v) is 15.5. The molecule has 0 aliphatic carbocycles. The first kappa shape index (κ1) is 26.2. The second kappa shape index (κ2) is 10.8. The quantitative estimate of drug-likeness (QED) is 0.200. The van der Waals surface area contributed by atoms with Gasteiger partial charge in [0.15, 0.2) is 5.58 Å². The highest BCUT2D eigenvalue weighted by molar-refractivity contribution is 6.06. The fourth-order valence-corrected chi connectivity index (χ4v) is 6.69. The van der Waals surface area contributed by atoms with Crippen molar-refractivity contribution < 1.29 is 4.42 Å². The van der Waals surface area contributed by atoms with Crippen LogP contribution in [0.4, 0.5) is 17.2 Å². The van der Waals surface area contributed by atoms with Gasteiger partial charge in [0.1, 0.15) is 11.4 Å². The fourth-order valence-electron chi connectivity index (χ4n) is 6.69. The maximum atomic E-state index is 6.12. The van der Waals surface area contributed by atoms with Crippen LogP contribution in [0.2, 0.25) is 0 Å². The van der Waals surface area contributed by atoms with Crippen molar-refractivity contribution in [3.8, 4) is 22.3 Å². The van der Waals surface area contributed by atoms with Gasteiger partial charge in [-0.05, 0) is 80.2 Å². The van der Waals surface area contributed by atoms with Gasteiger partial charge in [0.2, 0.25) is 0 Å². The summed E-state index contributed by atoms with van der Waals surface area (Å²) in [5.41, 5.74) is 8.50. The van der Waals surface area contributed by atoms with Crippen molar-refractivity contribution >= 4 is 60.7 Å². The second-order valence-corrected chi connectivity index (χ2v) is 11.6. The number of hydrogen-bond donors (Lipinski definition) is 0. The van der Waals surface area contributed by atoms with Gasteiger partial charge in [-0.2, -0.15) is 0 Å². The van der Waals surface area contributed by atoms with Gasteiger partial charge in [-0.1, -0.05) is 127 Å².